The molecule has 1 heterocycles. The third-order valence-corrected chi connectivity index (χ3v) is 3.17. The van der Waals surface area contributed by atoms with Gasteiger partial charge in [0, 0.05) is 11.1 Å². The molecular formula is C17H13NO3. The van der Waals surface area contributed by atoms with Gasteiger partial charge in [-0.05, 0) is 0 Å². The second kappa shape index (κ2) is 5.63. The van der Waals surface area contributed by atoms with Crippen molar-refractivity contribution in [3.63, 3.8) is 0 Å². The summed E-state index contributed by atoms with van der Waals surface area (Å²) in [6.07, 6.45) is 1.57. The molecule has 0 unspecified atom stereocenters. The van der Waals surface area contributed by atoms with Crippen LogP contribution in [0.25, 0.3) is 11.3 Å². The third kappa shape index (κ3) is 2.84. The van der Waals surface area contributed by atoms with Crippen LogP contribution < -0.4 is 5.76 Å². The summed E-state index contributed by atoms with van der Waals surface area (Å²) < 4.78 is 6.48. The molecule has 0 saturated heterocycles. The summed E-state index contributed by atoms with van der Waals surface area (Å²) >= 11 is 0. The van der Waals surface area contributed by atoms with Gasteiger partial charge < -0.3 is 4.42 Å². The first-order chi connectivity index (χ1) is 10.2. The first kappa shape index (κ1) is 13.1. The third-order valence-electron chi connectivity index (χ3n) is 3.17. The number of nitrogens with zero attached hydrogens (tertiary/aromatic N) is 1. The van der Waals surface area contributed by atoms with Crippen molar-refractivity contribution in [1.82, 2.24) is 4.57 Å². The fourth-order valence-corrected chi connectivity index (χ4v) is 2.09. The second-order valence-corrected chi connectivity index (χ2v) is 4.64. The normalized spacial score (nSPS) is 10.5. The van der Waals surface area contributed by atoms with Crippen LogP contribution >= 0.6 is 0 Å². The zero-order valence-electron chi connectivity index (χ0n) is 11.2. The topological polar surface area (TPSA) is 52.2 Å². The fraction of sp³-hybridized carbons (Fsp3) is 0.0588. The Bertz CT molecular complexity index is 801. The number of hydrogen-bond donors (Lipinski definition) is 0. The second-order valence-electron chi connectivity index (χ2n) is 4.64. The van der Waals surface area contributed by atoms with E-state index in [4.69, 9.17) is 4.42 Å². The summed E-state index contributed by atoms with van der Waals surface area (Å²) in [6.45, 7) is -0.0286. The smallest absolute Gasteiger partial charge is 0.408 e. The monoisotopic (exact) mass is 279 g/mol. The Morgan fingerprint density at radius 3 is 2.24 bits per heavy atom. The van der Waals surface area contributed by atoms with Gasteiger partial charge in [0.15, 0.2) is 11.5 Å². The highest BCUT2D eigenvalue weighted by Gasteiger charge is 2.12. The number of hydrogen-bond acceptors (Lipinski definition) is 3. The molecule has 0 aliphatic rings. The lowest BCUT2D eigenvalue weighted by Crippen LogP contribution is -2.19. The van der Waals surface area contributed by atoms with Gasteiger partial charge in [-0.15, -0.1) is 0 Å². The standard InChI is InChI=1S/C17H13NO3/c19-15(13-7-3-1-4-8-13)11-18-12-16(21-17(18)20)14-9-5-2-6-10-14/h1-10,12H,11H2. The summed E-state index contributed by atoms with van der Waals surface area (Å²) in [5.41, 5.74) is 1.38. The molecule has 0 fully saturated rings. The molecule has 0 spiro atoms. The molecule has 0 atom stereocenters. The zero-order chi connectivity index (χ0) is 14.7. The van der Waals surface area contributed by atoms with Gasteiger partial charge in [0.1, 0.15) is 0 Å². The van der Waals surface area contributed by atoms with Crippen molar-refractivity contribution in [3.05, 3.63) is 83.0 Å². The Kier molecular flexibility index (Phi) is 3.51. The Morgan fingerprint density at radius 2 is 1.57 bits per heavy atom. The molecule has 0 aliphatic heterocycles. The number of Topliss-reactive ketones (excluding diaryl/α,β-unsaturated/α-hetero) is 1. The Labute approximate surface area is 121 Å². The van der Waals surface area contributed by atoms with Crippen LogP contribution in [0.4, 0.5) is 0 Å². The Hall–Kier alpha value is -2.88. The van der Waals surface area contributed by atoms with E-state index < -0.39 is 5.76 Å². The van der Waals surface area contributed by atoms with Crippen LogP contribution in [0.15, 0.2) is 76.1 Å². The number of oxazole rings is 1. The van der Waals surface area contributed by atoms with Gasteiger partial charge in [-0.1, -0.05) is 60.7 Å². The maximum atomic E-state index is 12.1. The van der Waals surface area contributed by atoms with Crippen molar-refractivity contribution >= 4 is 5.78 Å². The predicted octanol–water partition coefficient (Wildman–Crippen LogP) is 2.99. The van der Waals surface area contributed by atoms with E-state index in [1.165, 1.54) is 4.57 Å². The number of carbonyl (C=O) groups is 1. The van der Waals surface area contributed by atoms with Gasteiger partial charge in [-0.25, -0.2) is 4.79 Å². The maximum Gasteiger partial charge on any atom is 0.419 e. The molecule has 0 saturated carbocycles. The van der Waals surface area contributed by atoms with Crippen LogP contribution in [0.1, 0.15) is 10.4 Å². The first-order valence-corrected chi connectivity index (χ1v) is 6.58. The van der Waals surface area contributed by atoms with Gasteiger partial charge in [0.2, 0.25) is 0 Å². The van der Waals surface area contributed by atoms with E-state index >= 15 is 0 Å². The summed E-state index contributed by atoms with van der Waals surface area (Å²) in [6, 6.07) is 18.2. The lowest BCUT2D eigenvalue weighted by atomic mass is 10.1. The summed E-state index contributed by atoms with van der Waals surface area (Å²) in [4.78, 5) is 23.9. The molecule has 0 amide bonds. The number of rotatable bonds is 4. The molecule has 3 aromatic rings. The molecule has 0 radical (unpaired) electrons. The van der Waals surface area contributed by atoms with Gasteiger partial charge in [-0.3, -0.25) is 9.36 Å². The average molecular weight is 279 g/mol. The predicted molar refractivity (Wildman–Crippen MR) is 79.2 cm³/mol. The summed E-state index contributed by atoms with van der Waals surface area (Å²) in [5.74, 6) is -0.197. The van der Waals surface area contributed by atoms with E-state index in [0.29, 0.717) is 11.3 Å². The molecule has 0 aliphatic carbocycles. The van der Waals surface area contributed by atoms with E-state index in [2.05, 4.69) is 0 Å². The van der Waals surface area contributed by atoms with Gasteiger partial charge in [-0.2, -0.15) is 0 Å². The minimum atomic E-state index is -0.530. The van der Waals surface area contributed by atoms with E-state index in [0.717, 1.165) is 5.56 Å². The molecule has 104 valence electrons. The van der Waals surface area contributed by atoms with E-state index in [1.54, 1.807) is 30.5 Å². The van der Waals surface area contributed by atoms with Crippen LogP contribution in [-0.2, 0) is 6.54 Å². The Morgan fingerprint density at radius 1 is 0.952 bits per heavy atom. The molecule has 4 nitrogen and oxygen atoms in total. The van der Waals surface area contributed by atoms with Crippen molar-refractivity contribution in [2.45, 2.75) is 6.54 Å². The number of ketones is 1. The first-order valence-electron chi connectivity index (χ1n) is 6.58. The zero-order valence-corrected chi connectivity index (χ0v) is 11.2. The minimum Gasteiger partial charge on any atom is -0.408 e. The summed E-state index contributed by atoms with van der Waals surface area (Å²) in [7, 11) is 0. The SMILES string of the molecule is O=C(Cn1cc(-c2ccccc2)oc1=O)c1ccccc1. The quantitative estimate of drug-likeness (QED) is 0.690. The highest BCUT2D eigenvalue weighted by Crippen LogP contribution is 2.17. The number of aromatic nitrogens is 1. The minimum absolute atomic E-state index is 0.0286. The van der Waals surface area contributed by atoms with Crippen molar-refractivity contribution in [2.24, 2.45) is 0 Å². The van der Waals surface area contributed by atoms with Crippen molar-refractivity contribution in [2.75, 3.05) is 0 Å². The molecule has 2 aromatic carbocycles. The van der Waals surface area contributed by atoms with Crippen molar-refractivity contribution in [3.8, 4) is 11.3 Å². The summed E-state index contributed by atoms with van der Waals surface area (Å²) in [5, 5.41) is 0. The molecule has 4 heteroatoms. The number of benzene rings is 2. The van der Waals surface area contributed by atoms with Crippen molar-refractivity contribution < 1.29 is 9.21 Å². The average Bonchev–Trinajstić information content (AvgIpc) is 2.90. The molecular weight excluding hydrogens is 266 g/mol. The highest BCUT2D eigenvalue weighted by molar-refractivity contribution is 5.95. The van der Waals surface area contributed by atoms with Crippen LogP contribution in [0, 0.1) is 0 Å². The van der Waals surface area contributed by atoms with Gasteiger partial charge in [0.25, 0.3) is 0 Å². The lowest BCUT2D eigenvalue weighted by molar-refractivity contribution is 0.0969. The molecule has 21 heavy (non-hydrogen) atoms. The van der Waals surface area contributed by atoms with Gasteiger partial charge >= 0.3 is 5.76 Å². The Balaban J connectivity index is 1.86. The van der Waals surface area contributed by atoms with Crippen LogP contribution in [0.3, 0.4) is 0 Å². The van der Waals surface area contributed by atoms with E-state index in [1.807, 2.05) is 36.4 Å². The number of carbonyl (C=O) groups excluding carboxylic acids is 1. The maximum absolute atomic E-state index is 12.1. The van der Waals surface area contributed by atoms with E-state index in [-0.39, 0.29) is 12.3 Å². The molecule has 0 bridgehead atoms. The largest absolute Gasteiger partial charge is 0.419 e. The molecule has 1 aromatic heterocycles. The van der Waals surface area contributed by atoms with Crippen LogP contribution in [0.2, 0.25) is 0 Å². The lowest BCUT2D eigenvalue weighted by Gasteiger charge is -1.99. The van der Waals surface area contributed by atoms with Crippen LogP contribution in [0.5, 0.6) is 0 Å². The van der Waals surface area contributed by atoms with Crippen molar-refractivity contribution in [1.29, 1.82) is 0 Å². The molecule has 0 N–H and O–H groups in total. The van der Waals surface area contributed by atoms with E-state index in [9.17, 15) is 9.59 Å². The van der Waals surface area contributed by atoms with Gasteiger partial charge in [0.05, 0.1) is 12.7 Å². The fourth-order valence-electron chi connectivity index (χ4n) is 2.09. The highest BCUT2D eigenvalue weighted by atomic mass is 16.4. The van der Waals surface area contributed by atoms with Crippen LogP contribution in [-0.4, -0.2) is 10.4 Å². The molecule has 3 rings (SSSR count).